The van der Waals surface area contributed by atoms with Crippen molar-refractivity contribution in [3.63, 3.8) is 0 Å². The Morgan fingerprint density at radius 2 is 1.51 bits per heavy atom. The molecule has 0 saturated heterocycles. The van der Waals surface area contributed by atoms with Crippen LogP contribution in [0.15, 0.2) is 71.4 Å². The van der Waals surface area contributed by atoms with Crippen LogP contribution in [0.1, 0.15) is 27.0 Å². The van der Waals surface area contributed by atoms with Gasteiger partial charge in [-0.3, -0.25) is 14.4 Å². The summed E-state index contributed by atoms with van der Waals surface area (Å²) in [7, 11) is 1.53. The Morgan fingerprint density at radius 1 is 0.857 bits per heavy atom. The van der Waals surface area contributed by atoms with Crippen LogP contribution >= 0.6 is 11.6 Å². The predicted molar refractivity (Wildman–Crippen MR) is 137 cm³/mol. The van der Waals surface area contributed by atoms with E-state index in [0.29, 0.717) is 22.7 Å². The number of amides is 3. The molecule has 3 aromatic rings. The van der Waals surface area contributed by atoms with Gasteiger partial charge in [-0.2, -0.15) is 0 Å². The number of ether oxygens (including phenoxy) is 1. The fourth-order valence-electron chi connectivity index (χ4n) is 3.67. The van der Waals surface area contributed by atoms with E-state index in [2.05, 4.69) is 10.6 Å². The van der Waals surface area contributed by atoms with Crippen molar-refractivity contribution in [3.8, 4) is 5.75 Å². The molecule has 3 aromatic carbocycles. The molecule has 178 valence electrons. The Morgan fingerprint density at radius 3 is 2.20 bits per heavy atom. The van der Waals surface area contributed by atoms with Crippen LogP contribution in [0.2, 0.25) is 0 Å². The number of imide groups is 1. The highest BCUT2D eigenvalue weighted by molar-refractivity contribution is 6.53. The lowest BCUT2D eigenvalue weighted by atomic mass is 10.1. The van der Waals surface area contributed by atoms with E-state index in [1.54, 1.807) is 42.5 Å². The van der Waals surface area contributed by atoms with Gasteiger partial charge in [0.2, 0.25) is 0 Å². The number of rotatable bonds is 6. The highest BCUT2D eigenvalue weighted by Gasteiger charge is 2.39. The van der Waals surface area contributed by atoms with Crippen molar-refractivity contribution in [3.05, 3.63) is 93.6 Å². The van der Waals surface area contributed by atoms with Gasteiger partial charge in [0.25, 0.3) is 17.7 Å². The minimum atomic E-state index is -0.634. The smallest absolute Gasteiger partial charge is 0.283 e. The summed E-state index contributed by atoms with van der Waals surface area (Å²) in [5.41, 5.74) is 4.67. The van der Waals surface area contributed by atoms with Crippen molar-refractivity contribution in [2.75, 3.05) is 22.6 Å². The van der Waals surface area contributed by atoms with Gasteiger partial charge in [-0.05, 0) is 79.9 Å². The molecule has 35 heavy (non-hydrogen) atoms. The number of hydrogen-bond donors (Lipinski definition) is 2. The number of halogens is 1. The van der Waals surface area contributed by atoms with Gasteiger partial charge in [-0.25, -0.2) is 4.90 Å². The van der Waals surface area contributed by atoms with Crippen LogP contribution in [0.4, 0.5) is 17.1 Å². The summed E-state index contributed by atoms with van der Waals surface area (Å²) in [4.78, 5) is 39.8. The first-order valence-electron chi connectivity index (χ1n) is 10.9. The van der Waals surface area contributed by atoms with Gasteiger partial charge in [0.1, 0.15) is 16.5 Å². The van der Waals surface area contributed by atoms with Crippen molar-refractivity contribution in [1.82, 2.24) is 0 Å². The van der Waals surface area contributed by atoms with Gasteiger partial charge in [0.15, 0.2) is 0 Å². The zero-order valence-electron chi connectivity index (χ0n) is 19.7. The van der Waals surface area contributed by atoms with Crippen molar-refractivity contribution >= 4 is 46.4 Å². The average molecular weight is 490 g/mol. The Balaban J connectivity index is 1.58. The standard InChI is InChI=1S/C27H24ClN3O4/c1-15-5-6-16(2)21(13-15)30-25(32)18-8-7-17(3)22(14-18)29-24-23(28)26(33)31(27(24)34)19-9-11-20(35-4)12-10-19/h5-14,29H,1-4H3,(H,30,32). The Bertz CT molecular complexity index is 1380. The van der Waals surface area contributed by atoms with E-state index in [4.69, 9.17) is 16.3 Å². The molecule has 0 aliphatic carbocycles. The zero-order valence-corrected chi connectivity index (χ0v) is 20.5. The second-order valence-electron chi connectivity index (χ2n) is 8.26. The largest absolute Gasteiger partial charge is 0.497 e. The molecule has 0 bridgehead atoms. The highest BCUT2D eigenvalue weighted by Crippen LogP contribution is 2.32. The molecule has 0 saturated carbocycles. The minimum absolute atomic E-state index is 0.0531. The monoisotopic (exact) mass is 489 g/mol. The zero-order chi connectivity index (χ0) is 25.3. The minimum Gasteiger partial charge on any atom is -0.497 e. The fourth-order valence-corrected chi connectivity index (χ4v) is 3.89. The van der Waals surface area contributed by atoms with Crippen molar-refractivity contribution < 1.29 is 19.1 Å². The summed E-state index contributed by atoms with van der Waals surface area (Å²) in [6, 6.07) is 17.4. The lowest BCUT2D eigenvalue weighted by molar-refractivity contribution is -0.120. The van der Waals surface area contributed by atoms with Crippen LogP contribution in [0.3, 0.4) is 0 Å². The number of hydrogen-bond acceptors (Lipinski definition) is 5. The second kappa shape index (κ2) is 9.64. The van der Waals surface area contributed by atoms with Gasteiger partial charge in [-0.1, -0.05) is 29.8 Å². The van der Waals surface area contributed by atoms with E-state index >= 15 is 0 Å². The molecule has 7 nitrogen and oxygen atoms in total. The van der Waals surface area contributed by atoms with E-state index in [9.17, 15) is 14.4 Å². The third-order valence-corrected chi connectivity index (χ3v) is 6.11. The predicted octanol–water partition coefficient (Wildman–Crippen LogP) is 5.31. The van der Waals surface area contributed by atoms with Crippen LogP contribution in [-0.2, 0) is 9.59 Å². The maximum absolute atomic E-state index is 13.1. The maximum Gasteiger partial charge on any atom is 0.283 e. The first-order valence-corrected chi connectivity index (χ1v) is 11.3. The molecule has 0 atom stereocenters. The van der Waals surface area contributed by atoms with E-state index in [0.717, 1.165) is 27.3 Å². The van der Waals surface area contributed by atoms with Gasteiger partial charge in [0, 0.05) is 16.9 Å². The third-order valence-electron chi connectivity index (χ3n) is 5.76. The maximum atomic E-state index is 13.1. The van der Waals surface area contributed by atoms with E-state index in [1.165, 1.54) is 7.11 Å². The van der Waals surface area contributed by atoms with Gasteiger partial charge < -0.3 is 15.4 Å². The van der Waals surface area contributed by atoms with Crippen molar-refractivity contribution in [2.24, 2.45) is 0 Å². The molecule has 8 heteroatoms. The summed E-state index contributed by atoms with van der Waals surface area (Å²) < 4.78 is 5.13. The lowest BCUT2D eigenvalue weighted by Gasteiger charge is -2.16. The van der Waals surface area contributed by atoms with Crippen molar-refractivity contribution in [1.29, 1.82) is 0 Å². The second-order valence-corrected chi connectivity index (χ2v) is 8.64. The third kappa shape index (κ3) is 4.76. The van der Waals surface area contributed by atoms with E-state index in [-0.39, 0.29) is 16.6 Å². The molecule has 0 radical (unpaired) electrons. The number of methoxy groups -OCH3 is 1. The van der Waals surface area contributed by atoms with Crippen LogP contribution in [0.25, 0.3) is 0 Å². The van der Waals surface area contributed by atoms with Gasteiger partial charge in [-0.15, -0.1) is 0 Å². The van der Waals surface area contributed by atoms with Crippen LogP contribution in [-0.4, -0.2) is 24.8 Å². The molecule has 1 aliphatic rings. The molecule has 2 N–H and O–H groups in total. The number of carbonyl (C=O) groups excluding carboxylic acids is 3. The van der Waals surface area contributed by atoms with Crippen LogP contribution in [0.5, 0.6) is 5.75 Å². The molecule has 0 unspecified atom stereocenters. The van der Waals surface area contributed by atoms with E-state index < -0.39 is 11.8 Å². The Kier molecular flexibility index (Phi) is 6.62. The Hall–Kier alpha value is -4.10. The first-order chi connectivity index (χ1) is 16.7. The number of benzene rings is 3. The summed E-state index contributed by atoms with van der Waals surface area (Å²) in [6.45, 7) is 5.70. The van der Waals surface area contributed by atoms with Crippen LogP contribution in [0, 0.1) is 20.8 Å². The molecule has 0 aromatic heterocycles. The van der Waals surface area contributed by atoms with Crippen molar-refractivity contribution in [2.45, 2.75) is 20.8 Å². The topological polar surface area (TPSA) is 87.7 Å². The first kappa shape index (κ1) is 24.0. The molecule has 0 fully saturated rings. The molecule has 0 spiro atoms. The fraction of sp³-hybridized carbons (Fsp3) is 0.148. The summed E-state index contributed by atoms with van der Waals surface area (Å²) in [5.74, 6) is -0.923. The number of nitrogens with one attached hydrogen (secondary N) is 2. The SMILES string of the molecule is COc1ccc(N2C(=O)C(Cl)=C(Nc3cc(C(=O)Nc4cc(C)ccc4C)ccc3C)C2=O)cc1. The number of anilines is 3. The number of aryl methyl sites for hydroxylation is 3. The average Bonchev–Trinajstić information content (AvgIpc) is 3.05. The summed E-state index contributed by atoms with van der Waals surface area (Å²) in [6.07, 6.45) is 0. The Labute approximate surface area is 208 Å². The normalized spacial score (nSPS) is 13.3. The number of carbonyl (C=O) groups is 3. The molecular weight excluding hydrogens is 466 g/mol. The molecule has 1 heterocycles. The van der Waals surface area contributed by atoms with E-state index in [1.807, 2.05) is 39.0 Å². The molecule has 4 rings (SSSR count). The molecular formula is C27H24ClN3O4. The lowest BCUT2D eigenvalue weighted by Crippen LogP contribution is -2.32. The quantitative estimate of drug-likeness (QED) is 0.458. The molecule has 1 aliphatic heterocycles. The van der Waals surface area contributed by atoms with Gasteiger partial charge >= 0.3 is 0 Å². The highest BCUT2D eigenvalue weighted by atomic mass is 35.5. The van der Waals surface area contributed by atoms with Gasteiger partial charge in [0.05, 0.1) is 12.8 Å². The molecule has 3 amide bonds. The number of nitrogens with zero attached hydrogens (tertiary/aromatic N) is 1. The summed E-state index contributed by atoms with van der Waals surface area (Å²) >= 11 is 6.27. The van der Waals surface area contributed by atoms with Crippen LogP contribution < -0.4 is 20.3 Å². The summed E-state index contributed by atoms with van der Waals surface area (Å²) in [5, 5.41) is 5.67.